The topological polar surface area (TPSA) is 44.8 Å². The van der Waals surface area contributed by atoms with Gasteiger partial charge in [0, 0.05) is 18.8 Å². The van der Waals surface area contributed by atoms with E-state index >= 15 is 0 Å². The zero-order valence-electron chi connectivity index (χ0n) is 22.1. The van der Waals surface area contributed by atoms with Crippen molar-refractivity contribution < 1.29 is 19.0 Å². The van der Waals surface area contributed by atoms with Crippen LogP contribution in [0.15, 0.2) is 11.6 Å². The van der Waals surface area contributed by atoms with Crippen molar-refractivity contribution in [1.29, 1.82) is 0 Å². The largest absolute Gasteiger partial charge is 0.462 e. The summed E-state index contributed by atoms with van der Waals surface area (Å²) in [6, 6.07) is 0. The van der Waals surface area contributed by atoms with Crippen LogP contribution >= 0.6 is 0 Å². The highest BCUT2D eigenvalue weighted by atomic mass is 16.7. The standard InChI is InChI=1S/C30H46O4/c1-6-26(31)33-21-10-12-28(4)20(15-21)7-8-22-23(28)11-13-29(5)24(22)16-25-27(29)19(3)30(34-25)14-9-18(2)17-32-30/h11,18-22,24-25,27H,6-10,12-17H2,1-5H3/t18-,19+,20+,21+,22-,24?,25+,27+,28+,29+,30-/m1/s1. The zero-order valence-corrected chi connectivity index (χ0v) is 22.1. The van der Waals surface area contributed by atoms with Gasteiger partial charge >= 0.3 is 5.97 Å². The van der Waals surface area contributed by atoms with Gasteiger partial charge in [-0.3, -0.25) is 4.79 Å². The summed E-state index contributed by atoms with van der Waals surface area (Å²) in [4.78, 5) is 11.9. The molecule has 2 heterocycles. The Morgan fingerprint density at radius 2 is 1.94 bits per heavy atom. The van der Waals surface area contributed by atoms with Gasteiger partial charge in [-0.25, -0.2) is 0 Å². The van der Waals surface area contributed by atoms with Crippen LogP contribution in [-0.4, -0.2) is 30.6 Å². The Morgan fingerprint density at radius 3 is 2.68 bits per heavy atom. The van der Waals surface area contributed by atoms with Crippen molar-refractivity contribution in [3.05, 3.63) is 11.6 Å². The van der Waals surface area contributed by atoms with Crippen LogP contribution in [0.2, 0.25) is 0 Å². The molecular weight excluding hydrogens is 424 g/mol. The van der Waals surface area contributed by atoms with Gasteiger partial charge in [0.15, 0.2) is 5.79 Å². The van der Waals surface area contributed by atoms with E-state index in [2.05, 4.69) is 33.8 Å². The summed E-state index contributed by atoms with van der Waals surface area (Å²) in [5.74, 6) is 3.48. The third kappa shape index (κ3) is 3.26. The van der Waals surface area contributed by atoms with E-state index in [4.69, 9.17) is 14.2 Å². The predicted molar refractivity (Wildman–Crippen MR) is 132 cm³/mol. The van der Waals surface area contributed by atoms with E-state index < -0.39 is 0 Å². The zero-order chi connectivity index (χ0) is 23.9. The van der Waals surface area contributed by atoms with Gasteiger partial charge in [0.2, 0.25) is 0 Å². The second-order valence-electron chi connectivity index (χ2n) is 13.5. The maximum atomic E-state index is 11.9. The van der Waals surface area contributed by atoms with Gasteiger partial charge in [-0.2, -0.15) is 0 Å². The van der Waals surface area contributed by atoms with Gasteiger partial charge in [0.25, 0.3) is 0 Å². The lowest BCUT2D eigenvalue weighted by Gasteiger charge is -2.57. The van der Waals surface area contributed by atoms with Crippen molar-refractivity contribution in [2.24, 2.45) is 46.3 Å². The maximum absolute atomic E-state index is 11.9. The summed E-state index contributed by atoms with van der Waals surface area (Å²) in [7, 11) is 0. The highest BCUT2D eigenvalue weighted by molar-refractivity contribution is 5.69. The summed E-state index contributed by atoms with van der Waals surface area (Å²) in [5.41, 5.74) is 2.37. The average Bonchev–Trinajstić information content (AvgIpc) is 3.26. The average molecular weight is 471 g/mol. The molecule has 0 aromatic heterocycles. The van der Waals surface area contributed by atoms with Crippen LogP contribution in [0.3, 0.4) is 0 Å². The molecule has 1 unspecified atom stereocenters. The smallest absolute Gasteiger partial charge is 0.305 e. The fourth-order valence-corrected chi connectivity index (χ4v) is 9.88. The molecule has 1 spiro atoms. The van der Waals surface area contributed by atoms with Crippen molar-refractivity contribution in [2.75, 3.05) is 6.61 Å². The molecule has 190 valence electrons. The van der Waals surface area contributed by atoms with E-state index in [-0.39, 0.29) is 23.3 Å². The molecule has 4 aliphatic carbocycles. The van der Waals surface area contributed by atoms with E-state index in [0.29, 0.717) is 47.5 Å². The molecule has 0 aromatic carbocycles. The molecule has 2 aliphatic heterocycles. The summed E-state index contributed by atoms with van der Waals surface area (Å²) in [6.45, 7) is 12.6. The minimum atomic E-state index is -0.322. The van der Waals surface area contributed by atoms with E-state index in [1.165, 1.54) is 38.5 Å². The lowest BCUT2D eigenvalue weighted by molar-refractivity contribution is -0.272. The van der Waals surface area contributed by atoms with Crippen LogP contribution in [0.5, 0.6) is 0 Å². The number of carbonyl (C=O) groups excluding carboxylic acids is 1. The van der Waals surface area contributed by atoms with Gasteiger partial charge in [0.1, 0.15) is 6.10 Å². The molecule has 4 nitrogen and oxygen atoms in total. The second-order valence-corrected chi connectivity index (χ2v) is 13.5. The molecule has 4 heteroatoms. The Balaban J connectivity index is 1.23. The van der Waals surface area contributed by atoms with Gasteiger partial charge in [-0.05, 0) is 91.8 Å². The highest BCUT2D eigenvalue weighted by Crippen LogP contribution is 2.69. The highest BCUT2D eigenvalue weighted by Gasteiger charge is 2.67. The van der Waals surface area contributed by atoms with Crippen LogP contribution in [0.4, 0.5) is 0 Å². The summed E-state index contributed by atoms with van der Waals surface area (Å²) < 4.78 is 19.2. The minimum absolute atomic E-state index is 0.0317. The monoisotopic (exact) mass is 470 g/mol. The molecule has 0 bridgehead atoms. The first-order valence-corrected chi connectivity index (χ1v) is 14.4. The van der Waals surface area contributed by atoms with E-state index in [1.807, 2.05) is 6.92 Å². The Morgan fingerprint density at radius 1 is 1.12 bits per heavy atom. The van der Waals surface area contributed by atoms with Crippen LogP contribution in [0.1, 0.15) is 98.8 Å². The molecule has 11 atom stereocenters. The lowest BCUT2D eigenvalue weighted by atomic mass is 9.48. The normalized spacial score (nSPS) is 54.0. The Kier molecular flexibility index (Phi) is 5.58. The Hall–Kier alpha value is -0.870. The number of rotatable bonds is 2. The fraction of sp³-hybridized carbons (Fsp3) is 0.900. The number of hydrogen-bond donors (Lipinski definition) is 0. The molecule has 3 saturated carbocycles. The first-order chi connectivity index (χ1) is 16.2. The second kappa shape index (κ2) is 8.07. The molecule has 6 aliphatic rings. The van der Waals surface area contributed by atoms with E-state index in [1.54, 1.807) is 5.57 Å². The Bertz CT molecular complexity index is 856. The van der Waals surface area contributed by atoms with E-state index in [9.17, 15) is 4.79 Å². The lowest BCUT2D eigenvalue weighted by Crippen LogP contribution is -2.51. The number of esters is 1. The summed E-state index contributed by atoms with van der Waals surface area (Å²) in [5, 5.41) is 0. The summed E-state index contributed by atoms with van der Waals surface area (Å²) in [6.07, 6.45) is 14.2. The number of allylic oxidation sites excluding steroid dienone is 2. The van der Waals surface area contributed by atoms with Crippen LogP contribution in [0.25, 0.3) is 0 Å². The minimum Gasteiger partial charge on any atom is -0.462 e. The first kappa shape index (κ1) is 23.5. The van der Waals surface area contributed by atoms with Crippen molar-refractivity contribution in [1.82, 2.24) is 0 Å². The van der Waals surface area contributed by atoms with Gasteiger partial charge in [-0.1, -0.05) is 46.3 Å². The third-order valence-corrected chi connectivity index (χ3v) is 11.8. The van der Waals surface area contributed by atoms with Gasteiger partial charge in [0.05, 0.1) is 12.7 Å². The van der Waals surface area contributed by atoms with Crippen molar-refractivity contribution in [2.45, 2.75) is 117 Å². The Labute approximate surface area is 206 Å². The third-order valence-electron chi connectivity index (χ3n) is 11.8. The van der Waals surface area contributed by atoms with Crippen LogP contribution < -0.4 is 0 Å². The van der Waals surface area contributed by atoms with Crippen molar-refractivity contribution in [3.8, 4) is 0 Å². The molecule has 0 amide bonds. The molecule has 6 rings (SSSR count). The van der Waals surface area contributed by atoms with Crippen LogP contribution in [0, 0.1) is 46.3 Å². The van der Waals surface area contributed by atoms with Gasteiger partial charge < -0.3 is 14.2 Å². The van der Waals surface area contributed by atoms with Crippen molar-refractivity contribution >= 4 is 5.97 Å². The number of ether oxygens (including phenoxy) is 3. The maximum Gasteiger partial charge on any atom is 0.305 e. The molecule has 0 radical (unpaired) electrons. The first-order valence-electron chi connectivity index (χ1n) is 14.4. The summed E-state index contributed by atoms with van der Waals surface area (Å²) >= 11 is 0. The molecule has 0 N–H and O–H groups in total. The van der Waals surface area contributed by atoms with Crippen LogP contribution in [-0.2, 0) is 19.0 Å². The SMILES string of the molecule is CCC(=O)O[C@H]1CC[C@]2(C)C3=CC[C@@]4(C)C(C[C@@H]5O[C@]6(CC[C@@H](C)CO6)[C@@H](C)[C@@H]54)[C@@H]3CC[C@H]2C1. The molecule has 2 saturated heterocycles. The molecular formula is C30H46O4. The number of fused-ring (bicyclic) bond motifs is 7. The number of carbonyl (C=O) groups is 1. The molecule has 0 aromatic rings. The predicted octanol–water partition coefficient (Wildman–Crippen LogP) is 6.67. The quantitative estimate of drug-likeness (QED) is 0.334. The molecule has 5 fully saturated rings. The molecule has 34 heavy (non-hydrogen) atoms. The van der Waals surface area contributed by atoms with Crippen molar-refractivity contribution in [3.63, 3.8) is 0 Å². The fourth-order valence-electron chi connectivity index (χ4n) is 9.88. The van der Waals surface area contributed by atoms with E-state index in [0.717, 1.165) is 31.8 Å². The van der Waals surface area contributed by atoms with Gasteiger partial charge in [-0.15, -0.1) is 0 Å². The number of hydrogen-bond acceptors (Lipinski definition) is 4.